The Morgan fingerprint density at radius 3 is 2.18 bits per heavy atom. The van der Waals surface area contributed by atoms with Crippen molar-refractivity contribution in [1.29, 1.82) is 0 Å². The summed E-state index contributed by atoms with van der Waals surface area (Å²) in [5.74, 6) is 2.58. The van der Waals surface area contributed by atoms with Crippen LogP contribution in [0.25, 0.3) is 0 Å². The molecule has 2 unspecified atom stereocenters. The Morgan fingerprint density at radius 1 is 1.00 bits per heavy atom. The number of carbonyl (C=O) groups is 1. The molecule has 0 rings (SSSR count). The molecule has 3 N–H and O–H groups in total. The van der Waals surface area contributed by atoms with Crippen LogP contribution in [0.3, 0.4) is 0 Å². The fraction of sp³-hybridized carbons (Fsp3) is 0.792. The van der Waals surface area contributed by atoms with E-state index in [1.807, 2.05) is 6.08 Å². The molecule has 1 amide bonds. The maximum Gasteiger partial charge on any atom is 0.220 e. The molecule has 0 heterocycles. The Bertz CT molecular complexity index is 428. The summed E-state index contributed by atoms with van der Waals surface area (Å²) < 4.78 is 0. The highest BCUT2D eigenvalue weighted by molar-refractivity contribution is 5.76. The van der Waals surface area contributed by atoms with Crippen molar-refractivity contribution in [3.8, 4) is 12.3 Å². The van der Waals surface area contributed by atoms with E-state index in [0.29, 0.717) is 6.42 Å². The van der Waals surface area contributed by atoms with E-state index >= 15 is 0 Å². The Hall–Kier alpha value is -1.31. The maximum absolute atomic E-state index is 11.8. The first-order valence-electron chi connectivity index (χ1n) is 11.3. The molecule has 0 aliphatic rings. The van der Waals surface area contributed by atoms with Crippen LogP contribution in [0, 0.1) is 12.3 Å². The van der Waals surface area contributed by atoms with E-state index in [9.17, 15) is 15.0 Å². The highest BCUT2D eigenvalue weighted by atomic mass is 16.3. The van der Waals surface area contributed by atoms with Gasteiger partial charge >= 0.3 is 0 Å². The van der Waals surface area contributed by atoms with Gasteiger partial charge in [-0.15, -0.1) is 12.3 Å². The molecule has 0 aromatic rings. The van der Waals surface area contributed by atoms with E-state index in [4.69, 9.17) is 6.42 Å². The van der Waals surface area contributed by atoms with Crippen molar-refractivity contribution in [1.82, 2.24) is 5.32 Å². The third-order valence-corrected chi connectivity index (χ3v) is 4.99. The number of carbonyl (C=O) groups excluding carboxylic acids is 1. The van der Waals surface area contributed by atoms with Crippen molar-refractivity contribution < 1.29 is 15.0 Å². The third-order valence-electron chi connectivity index (χ3n) is 4.99. The van der Waals surface area contributed by atoms with Crippen LogP contribution in [0.15, 0.2) is 12.2 Å². The van der Waals surface area contributed by atoms with Crippen molar-refractivity contribution in [2.45, 2.75) is 115 Å². The molecule has 2 atom stereocenters. The molecule has 0 saturated heterocycles. The Morgan fingerprint density at radius 2 is 1.61 bits per heavy atom. The van der Waals surface area contributed by atoms with Crippen LogP contribution in [-0.4, -0.2) is 34.9 Å². The minimum Gasteiger partial charge on any atom is -0.394 e. The molecule has 0 saturated carbocycles. The van der Waals surface area contributed by atoms with Crippen LogP contribution in [-0.2, 0) is 4.79 Å². The number of aliphatic hydroxyl groups excluding tert-OH is 2. The molecule has 0 bridgehead atoms. The van der Waals surface area contributed by atoms with Gasteiger partial charge in [-0.3, -0.25) is 4.79 Å². The average molecular weight is 394 g/mol. The molecule has 4 heteroatoms. The van der Waals surface area contributed by atoms with Crippen LogP contribution in [0.4, 0.5) is 0 Å². The molecule has 0 aliphatic heterocycles. The van der Waals surface area contributed by atoms with Gasteiger partial charge in [0, 0.05) is 12.8 Å². The third kappa shape index (κ3) is 16.8. The zero-order chi connectivity index (χ0) is 20.9. The van der Waals surface area contributed by atoms with Gasteiger partial charge in [-0.1, -0.05) is 76.9 Å². The summed E-state index contributed by atoms with van der Waals surface area (Å²) in [6.07, 6.45) is 24.5. The Labute approximate surface area is 173 Å². The number of unbranched alkanes of at least 4 members (excludes halogenated alkanes) is 12. The van der Waals surface area contributed by atoms with E-state index in [-0.39, 0.29) is 12.5 Å². The van der Waals surface area contributed by atoms with E-state index in [2.05, 4.69) is 18.2 Å². The maximum atomic E-state index is 11.8. The molecule has 0 aliphatic carbocycles. The number of amides is 1. The number of rotatable bonds is 19. The second-order valence-corrected chi connectivity index (χ2v) is 7.66. The standard InChI is InChI=1S/C24H43NO3/c1-3-5-7-8-9-10-11-12-13-14-15-16-18-19-23(27)22(21-26)25-24(28)20-17-6-4-2/h1,18-19,22-23,26-27H,4-17,20-21H2,2H3,(H,25,28). The molecule has 0 radical (unpaired) electrons. The average Bonchev–Trinajstić information content (AvgIpc) is 2.69. The molecule has 4 nitrogen and oxygen atoms in total. The fourth-order valence-electron chi connectivity index (χ4n) is 3.15. The van der Waals surface area contributed by atoms with Crippen molar-refractivity contribution >= 4 is 5.91 Å². The van der Waals surface area contributed by atoms with Crippen molar-refractivity contribution in [2.75, 3.05) is 6.61 Å². The summed E-state index contributed by atoms with van der Waals surface area (Å²) in [7, 11) is 0. The van der Waals surface area contributed by atoms with Crippen molar-refractivity contribution in [3.63, 3.8) is 0 Å². The van der Waals surface area contributed by atoms with Gasteiger partial charge in [0.05, 0.1) is 18.8 Å². The summed E-state index contributed by atoms with van der Waals surface area (Å²) in [5, 5.41) is 22.3. The van der Waals surface area contributed by atoms with Crippen LogP contribution in [0.5, 0.6) is 0 Å². The first-order chi connectivity index (χ1) is 13.7. The number of hydrogen-bond acceptors (Lipinski definition) is 3. The van der Waals surface area contributed by atoms with E-state index in [1.165, 1.54) is 44.9 Å². The predicted octanol–water partition coefficient (Wildman–Crippen LogP) is 4.89. The molecule has 162 valence electrons. The van der Waals surface area contributed by atoms with E-state index < -0.39 is 12.1 Å². The lowest BCUT2D eigenvalue weighted by molar-refractivity contribution is -0.123. The van der Waals surface area contributed by atoms with Crippen molar-refractivity contribution in [2.24, 2.45) is 0 Å². The Kier molecular flexibility index (Phi) is 19.5. The van der Waals surface area contributed by atoms with Crippen molar-refractivity contribution in [3.05, 3.63) is 12.2 Å². The van der Waals surface area contributed by atoms with E-state index in [1.54, 1.807) is 6.08 Å². The Balaban J connectivity index is 3.68. The van der Waals surface area contributed by atoms with Gasteiger partial charge in [-0.05, 0) is 25.7 Å². The lowest BCUT2D eigenvalue weighted by Crippen LogP contribution is -2.45. The highest BCUT2D eigenvalue weighted by Crippen LogP contribution is 2.11. The molecule has 0 aromatic heterocycles. The molecule has 0 spiro atoms. The monoisotopic (exact) mass is 393 g/mol. The van der Waals surface area contributed by atoms with Gasteiger partial charge in [-0.2, -0.15) is 0 Å². The second-order valence-electron chi connectivity index (χ2n) is 7.66. The van der Waals surface area contributed by atoms with Crippen LogP contribution < -0.4 is 5.32 Å². The molecule has 0 fully saturated rings. The summed E-state index contributed by atoms with van der Waals surface area (Å²) in [6, 6.07) is -0.619. The number of hydrogen-bond donors (Lipinski definition) is 3. The zero-order valence-electron chi connectivity index (χ0n) is 18.0. The first-order valence-corrected chi connectivity index (χ1v) is 11.3. The molecular weight excluding hydrogens is 350 g/mol. The van der Waals surface area contributed by atoms with Gasteiger partial charge in [-0.25, -0.2) is 0 Å². The molecule has 0 aromatic carbocycles. The minimum atomic E-state index is -0.838. The number of allylic oxidation sites excluding steroid dienone is 1. The normalized spacial score (nSPS) is 13.4. The zero-order valence-corrected chi connectivity index (χ0v) is 18.0. The highest BCUT2D eigenvalue weighted by Gasteiger charge is 2.17. The quantitative estimate of drug-likeness (QED) is 0.166. The number of nitrogens with one attached hydrogen (secondary N) is 1. The minimum absolute atomic E-state index is 0.101. The van der Waals surface area contributed by atoms with Gasteiger partial charge < -0.3 is 15.5 Å². The fourth-order valence-corrected chi connectivity index (χ4v) is 3.15. The van der Waals surface area contributed by atoms with Gasteiger partial charge in [0.25, 0.3) is 0 Å². The topological polar surface area (TPSA) is 69.6 Å². The van der Waals surface area contributed by atoms with Gasteiger partial charge in [0.15, 0.2) is 0 Å². The first kappa shape index (κ1) is 26.7. The van der Waals surface area contributed by atoms with E-state index in [0.717, 1.165) is 44.9 Å². The summed E-state index contributed by atoms with van der Waals surface area (Å²) >= 11 is 0. The largest absolute Gasteiger partial charge is 0.394 e. The number of terminal acetylenes is 1. The summed E-state index contributed by atoms with van der Waals surface area (Å²) in [5.41, 5.74) is 0. The molecule has 28 heavy (non-hydrogen) atoms. The van der Waals surface area contributed by atoms with Crippen LogP contribution in [0.1, 0.15) is 103 Å². The van der Waals surface area contributed by atoms with Gasteiger partial charge in [0.1, 0.15) is 0 Å². The summed E-state index contributed by atoms with van der Waals surface area (Å²) in [6.45, 7) is 1.83. The smallest absolute Gasteiger partial charge is 0.220 e. The molecular formula is C24H43NO3. The SMILES string of the molecule is C#CCCCCCCCCCCCC=CC(O)C(CO)NC(=O)CCCCC. The van der Waals surface area contributed by atoms with Crippen LogP contribution in [0.2, 0.25) is 0 Å². The second kappa shape index (κ2) is 20.4. The lowest BCUT2D eigenvalue weighted by atomic mass is 10.1. The predicted molar refractivity (Wildman–Crippen MR) is 118 cm³/mol. The van der Waals surface area contributed by atoms with Gasteiger partial charge in [0.2, 0.25) is 5.91 Å². The number of aliphatic hydroxyl groups is 2. The lowest BCUT2D eigenvalue weighted by Gasteiger charge is -2.19. The van der Waals surface area contributed by atoms with Crippen LogP contribution >= 0.6 is 0 Å². The summed E-state index contributed by atoms with van der Waals surface area (Å²) in [4.78, 5) is 11.8.